The van der Waals surface area contributed by atoms with Gasteiger partial charge in [-0.15, -0.1) is 11.3 Å². The minimum atomic E-state index is 0.490. The molecule has 0 spiro atoms. The average Bonchev–Trinajstić information content (AvgIpc) is 3.13. The molecule has 1 N–H and O–H groups in total. The number of hydrogen-bond donors (Lipinski definition) is 1. The van der Waals surface area contributed by atoms with Gasteiger partial charge in [-0.1, -0.05) is 6.42 Å². The summed E-state index contributed by atoms with van der Waals surface area (Å²) in [6.07, 6.45) is 7.04. The van der Waals surface area contributed by atoms with E-state index >= 15 is 0 Å². The summed E-state index contributed by atoms with van der Waals surface area (Å²) in [6.45, 7) is 2.94. The molecular weight excluding hydrogens is 334 g/mol. The molecule has 0 radical (unpaired) electrons. The summed E-state index contributed by atoms with van der Waals surface area (Å²) in [5.41, 5.74) is 0.490. The minimum Gasteiger partial charge on any atom is -0.383 e. The van der Waals surface area contributed by atoms with E-state index in [0.717, 1.165) is 31.5 Å². The minimum absolute atomic E-state index is 0.490. The van der Waals surface area contributed by atoms with Crippen molar-refractivity contribution in [1.29, 1.82) is 0 Å². The van der Waals surface area contributed by atoms with Crippen LogP contribution in [0.1, 0.15) is 30.6 Å². The Kier molecular flexibility index (Phi) is 4.86. The summed E-state index contributed by atoms with van der Waals surface area (Å²) in [5, 5.41) is 5.86. The Morgan fingerprint density at radius 2 is 2.40 bits per heavy atom. The molecule has 1 aromatic heterocycles. The predicted molar refractivity (Wildman–Crippen MR) is 88.3 cm³/mol. The Labute approximate surface area is 134 Å². The van der Waals surface area contributed by atoms with Gasteiger partial charge >= 0.3 is 0 Å². The van der Waals surface area contributed by atoms with Crippen LogP contribution in [-0.4, -0.2) is 26.8 Å². The van der Waals surface area contributed by atoms with E-state index in [2.05, 4.69) is 32.7 Å². The molecule has 0 amide bonds. The zero-order valence-electron chi connectivity index (χ0n) is 12.2. The highest BCUT2D eigenvalue weighted by atomic mass is 79.9. The highest BCUT2D eigenvalue weighted by Gasteiger charge is 2.50. The van der Waals surface area contributed by atoms with Crippen LogP contribution in [0.25, 0.3) is 0 Å². The number of rotatable bonds is 7. The third kappa shape index (κ3) is 2.99. The van der Waals surface area contributed by atoms with E-state index in [1.165, 1.54) is 41.5 Å². The first-order chi connectivity index (χ1) is 9.73. The Morgan fingerprint density at radius 3 is 3.00 bits per heavy atom. The van der Waals surface area contributed by atoms with Gasteiger partial charge in [0.05, 0.1) is 6.61 Å². The van der Waals surface area contributed by atoms with Crippen molar-refractivity contribution >= 4 is 27.3 Å². The van der Waals surface area contributed by atoms with Gasteiger partial charge in [0.2, 0.25) is 0 Å². The van der Waals surface area contributed by atoms with Crippen LogP contribution in [0.2, 0.25) is 0 Å². The molecule has 2 fully saturated rings. The molecule has 2 nitrogen and oxygen atoms in total. The molecule has 2 aliphatic carbocycles. The number of halogens is 1. The highest BCUT2D eigenvalue weighted by Crippen LogP contribution is 2.57. The lowest BCUT2D eigenvalue weighted by atomic mass is 9.70. The average molecular weight is 358 g/mol. The number of ether oxygens (including phenoxy) is 1. The van der Waals surface area contributed by atoms with Crippen molar-refractivity contribution in [3.8, 4) is 0 Å². The molecule has 0 aliphatic heterocycles. The summed E-state index contributed by atoms with van der Waals surface area (Å²) in [5.74, 6) is 1.92. The lowest BCUT2D eigenvalue weighted by Crippen LogP contribution is -2.41. The van der Waals surface area contributed by atoms with Crippen LogP contribution in [0.5, 0.6) is 0 Å². The second-order valence-electron chi connectivity index (χ2n) is 6.48. The van der Waals surface area contributed by atoms with Gasteiger partial charge in [-0.3, -0.25) is 0 Å². The van der Waals surface area contributed by atoms with E-state index < -0.39 is 0 Å². The predicted octanol–water partition coefficient (Wildman–Crippen LogP) is 4.10. The van der Waals surface area contributed by atoms with E-state index in [4.69, 9.17) is 4.74 Å². The molecule has 1 aromatic rings. The van der Waals surface area contributed by atoms with Crippen molar-refractivity contribution in [2.24, 2.45) is 17.3 Å². The Morgan fingerprint density at radius 1 is 1.50 bits per heavy atom. The smallest absolute Gasteiger partial charge is 0.0587 e. The molecule has 0 aromatic carbocycles. The van der Waals surface area contributed by atoms with Gasteiger partial charge in [-0.05, 0) is 70.3 Å². The van der Waals surface area contributed by atoms with Crippen molar-refractivity contribution in [1.82, 2.24) is 5.32 Å². The SMILES string of the molecule is COCCNCC1(Cc2sccc2Br)CC2CCC1C2. The molecule has 20 heavy (non-hydrogen) atoms. The van der Waals surface area contributed by atoms with E-state index in [1.807, 2.05) is 11.3 Å². The summed E-state index contributed by atoms with van der Waals surface area (Å²) in [6, 6.07) is 2.19. The summed E-state index contributed by atoms with van der Waals surface area (Å²) < 4.78 is 6.47. The van der Waals surface area contributed by atoms with Crippen LogP contribution in [0.4, 0.5) is 0 Å². The highest BCUT2D eigenvalue weighted by molar-refractivity contribution is 9.10. The van der Waals surface area contributed by atoms with Gasteiger partial charge in [0, 0.05) is 29.5 Å². The molecule has 1 heterocycles. The fraction of sp³-hybridized carbons (Fsp3) is 0.750. The monoisotopic (exact) mass is 357 g/mol. The molecule has 0 saturated heterocycles. The van der Waals surface area contributed by atoms with Crippen LogP contribution < -0.4 is 5.32 Å². The van der Waals surface area contributed by atoms with Crippen molar-refractivity contribution in [3.05, 3.63) is 20.8 Å². The lowest BCUT2D eigenvalue weighted by Gasteiger charge is -2.38. The maximum Gasteiger partial charge on any atom is 0.0587 e. The first-order valence-electron chi connectivity index (χ1n) is 7.65. The molecule has 2 aliphatic rings. The van der Waals surface area contributed by atoms with Crippen LogP contribution in [-0.2, 0) is 11.2 Å². The van der Waals surface area contributed by atoms with Crippen LogP contribution in [0, 0.1) is 17.3 Å². The van der Waals surface area contributed by atoms with Crippen molar-refractivity contribution in [3.63, 3.8) is 0 Å². The Balaban J connectivity index is 1.69. The molecule has 2 saturated carbocycles. The molecule has 2 bridgehead atoms. The first-order valence-corrected chi connectivity index (χ1v) is 9.32. The normalized spacial score (nSPS) is 32.1. The van der Waals surface area contributed by atoms with Crippen LogP contribution in [0.3, 0.4) is 0 Å². The van der Waals surface area contributed by atoms with Gasteiger partial charge in [0.25, 0.3) is 0 Å². The number of thiophene rings is 1. The maximum absolute atomic E-state index is 5.16. The van der Waals surface area contributed by atoms with Gasteiger partial charge < -0.3 is 10.1 Å². The molecule has 4 heteroatoms. The molecule has 112 valence electrons. The standard InChI is InChI=1S/C16H24BrNOS/c1-19-6-5-18-11-16(9-12-2-3-13(16)8-12)10-15-14(17)4-7-20-15/h4,7,12-13,18H,2-3,5-6,8-11H2,1H3. The lowest BCUT2D eigenvalue weighted by molar-refractivity contribution is 0.146. The molecule has 3 unspecified atom stereocenters. The summed E-state index contributed by atoms with van der Waals surface area (Å²) in [7, 11) is 1.78. The first kappa shape index (κ1) is 15.0. The quantitative estimate of drug-likeness (QED) is 0.741. The van der Waals surface area contributed by atoms with E-state index in [0.29, 0.717) is 5.41 Å². The molecule has 3 rings (SSSR count). The van der Waals surface area contributed by atoms with Crippen molar-refractivity contribution < 1.29 is 4.74 Å². The number of fused-ring (bicyclic) bond motifs is 2. The third-order valence-electron chi connectivity index (χ3n) is 5.27. The Bertz CT molecular complexity index is 449. The second kappa shape index (κ2) is 6.47. The summed E-state index contributed by atoms with van der Waals surface area (Å²) in [4.78, 5) is 1.53. The largest absolute Gasteiger partial charge is 0.383 e. The fourth-order valence-corrected chi connectivity index (χ4v) is 5.98. The number of methoxy groups -OCH3 is 1. The van der Waals surface area contributed by atoms with Crippen molar-refractivity contribution in [2.75, 3.05) is 26.8 Å². The third-order valence-corrected chi connectivity index (χ3v) is 7.19. The van der Waals surface area contributed by atoms with E-state index in [1.54, 1.807) is 7.11 Å². The topological polar surface area (TPSA) is 21.3 Å². The summed E-state index contributed by atoms with van der Waals surface area (Å²) >= 11 is 5.62. The van der Waals surface area contributed by atoms with Crippen molar-refractivity contribution in [2.45, 2.75) is 32.1 Å². The fourth-order valence-electron chi connectivity index (χ4n) is 4.34. The maximum atomic E-state index is 5.16. The van der Waals surface area contributed by atoms with E-state index in [-0.39, 0.29) is 0 Å². The zero-order chi connectivity index (χ0) is 14.0. The van der Waals surface area contributed by atoms with Gasteiger partial charge in [0.1, 0.15) is 0 Å². The second-order valence-corrected chi connectivity index (χ2v) is 8.34. The number of hydrogen-bond acceptors (Lipinski definition) is 3. The molecular formula is C16H24BrNOS. The van der Waals surface area contributed by atoms with Gasteiger partial charge in [0.15, 0.2) is 0 Å². The number of nitrogens with one attached hydrogen (secondary N) is 1. The Hall–Kier alpha value is 0.100. The van der Waals surface area contributed by atoms with Gasteiger partial charge in [-0.25, -0.2) is 0 Å². The zero-order valence-corrected chi connectivity index (χ0v) is 14.6. The van der Waals surface area contributed by atoms with Crippen LogP contribution in [0.15, 0.2) is 15.9 Å². The van der Waals surface area contributed by atoms with Crippen LogP contribution >= 0.6 is 27.3 Å². The molecule has 3 atom stereocenters. The van der Waals surface area contributed by atoms with Gasteiger partial charge in [-0.2, -0.15) is 0 Å². The van der Waals surface area contributed by atoms with E-state index in [9.17, 15) is 0 Å².